The number of benzene rings is 1. The third-order valence-corrected chi connectivity index (χ3v) is 5.69. The number of carbonyl (C=O) groups is 2. The summed E-state index contributed by atoms with van der Waals surface area (Å²) in [5.74, 6) is -0.191. The minimum absolute atomic E-state index is 0. The van der Waals surface area contributed by atoms with Crippen molar-refractivity contribution in [1.82, 2.24) is 25.1 Å². The number of piperazine rings is 1. The highest BCUT2D eigenvalue weighted by Crippen LogP contribution is 2.32. The Balaban J connectivity index is 0.00000342. The van der Waals surface area contributed by atoms with E-state index in [0.29, 0.717) is 38.2 Å². The van der Waals surface area contributed by atoms with Crippen LogP contribution < -0.4 is 4.90 Å². The van der Waals surface area contributed by atoms with E-state index in [2.05, 4.69) is 20.2 Å². The average Bonchev–Trinajstić information content (AvgIpc) is 3.37. The lowest BCUT2D eigenvalue weighted by Crippen LogP contribution is -2.49. The number of nitrogens with zero attached hydrogens (tertiary/aromatic N) is 5. The summed E-state index contributed by atoms with van der Waals surface area (Å²) in [6.45, 7) is 1.29. The van der Waals surface area contributed by atoms with Gasteiger partial charge >= 0.3 is 6.18 Å². The van der Waals surface area contributed by atoms with Crippen LogP contribution in [0.15, 0.2) is 48.9 Å². The number of alkyl halides is 3. The molecule has 0 spiro atoms. The molecule has 1 aromatic carbocycles. The highest BCUT2D eigenvalue weighted by atomic mass is 19.4. The first kappa shape index (κ1) is 25.9. The maximum atomic E-state index is 13.3. The zero-order valence-electron chi connectivity index (χ0n) is 18.3. The lowest BCUT2D eigenvalue weighted by molar-refractivity contribution is -0.138. The number of nitrogens with one attached hydrogen (secondary N) is 1. The second-order valence-corrected chi connectivity index (χ2v) is 7.95. The SMILES string of the molecule is C.O=C(CCCc1cnc[nH]1)c1ccc(N2CCN(C(=O)c3ccccc3C(F)(F)F)CC2)nn1. The second kappa shape index (κ2) is 11.1. The topological polar surface area (TPSA) is 95.1 Å². The van der Waals surface area contributed by atoms with Crippen LogP contribution >= 0.6 is 0 Å². The monoisotopic (exact) mass is 488 g/mol. The lowest BCUT2D eigenvalue weighted by atomic mass is 10.1. The molecule has 11 heteroatoms. The number of rotatable bonds is 7. The molecule has 1 aliphatic heterocycles. The number of hydrogen-bond acceptors (Lipinski definition) is 6. The van der Waals surface area contributed by atoms with Crippen molar-refractivity contribution in [3.63, 3.8) is 0 Å². The van der Waals surface area contributed by atoms with Gasteiger partial charge in [0.05, 0.1) is 17.5 Å². The molecule has 1 amide bonds. The number of halogens is 3. The molecule has 8 nitrogen and oxygen atoms in total. The minimum atomic E-state index is -4.60. The van der Waals surface area contributed by atoms with Crippen molar-refractivity contribution in [2.75, 3.05) is 31.1 Å². The van der Waals surface area contributed by atoms with E-state index in [1.807, 2.05) is 4.90 Å². The zero-order chi connectivity index (χ0) is 24.1. The van der Waals surface area contributed by atoms with Crippen molar-refractivity contribution in [2.45, 2.75) is 32.9 Å². The summed E-state index contributed by atoms with van der Waals surface area (Å²) in [4.78, 5) is 35.3. The fraction of sp³-hybridized carbons (Fsp3) is 0.375. The van der Waals surface area contributed by atoms with Gasteiger partial charge in [0.25, 0.3) is 5.91 Å². The standard InChI is InChI=1S/C23H23F3N6O2.CH4/c24-23(25,26)18-6-2-1-5-17(18)22(34)32-12-10-31(11-13-32)21-9-8-19(29-30-21)20(33)7-3-4-16-14-27-15-28-16;/h1-2,5-6,8-9,14-15H,3-4,7,10-13H2,(H,27,28);1H4. The van der Waals surface area contributed by atoms with E-state index < -0.39 is 17.6 Å². The molecule has 0 atom stereocenters. The molecule has 3 heterocycles. The number of aromatic amines is 1. The molecule has 4 rings (SSSR count). The molecule has 1 N–H and O–H groups in total. The number of ketones is 1. The first-order valence-corrected chi connectivity index (χ1v) is 10.9. The Morgan fingerprint density at radius 3 is 2.37 bits per heavy atom. The fourth-order valence-electron chi connectivity index (χ4n) is 3.86. The summed E-state index contributed by atoms with van der Waals surface area (Å²) in [5.41, 5.74) is -0.0311. The van der Waals surface area contributed by atoms with Gasteiger partial charge in [0.1, 0.15) is 5.69 Å². The Hall–Kier alpha value is -3.76. The number of H-pyrrole nitrogens is 1. The Kier molecular flexibility index (Phi) is 8.21. The summed E-state index contributed by atoms with van der Waals surface area (Å²) in [6.07, 6.45) is 0.445. The van der Waals surface area contributed by atoms with E-state index in [1.165, 1.54) is 23.1 Å². The number of hydrogen-bond donors (Lipinski definition) is 1. The zero-order valence-corrected chi connectivity index (χ0v) is 18.3. The predicted molar refractivity (Wildman–Crippen MR) is 124 cm³/mol. The van der Waals surface area contributed by atoms with Gasteiger partial charge in [-0.1, -0.05) is 19.6 Å². The van der Waals surface area contributed by atoms with Crippen LogP contribution in [0.3, 0.4) is 0 Å². The van der Waals surface area contributed by atoms with Crippen LogP contribution in [0.25, 0.3) is 0 Å². The van der Waals surface area contributed by atoms with Crippen molar-refractivity contribution < 1.29 is 22.8 Å². The van der Waals surface area contributed by atoms with Crippen LogP contribution in [0.2, 0.25) is 0 Å². The molecule has 1 fully saturated rings. The number of carbonyl (C=O) groups excluding carboxylic acids is 2. The van der Waals surface area contributed by atoms with E-state index in [1.54, 1.807) is 24.7 Å². The number of imidazole rings is 1. The number of Topliss-reactive ketones (excluding diaryl/α,β-unsaturated/α-hetero) is 1. The van der Waals surface area contributed by atoms with Gasteiger partial charge in [-0.25, -0.2) is 4.98 Å². The molecule has 1 aliphatic rings. The minimum Gasteiger partial charge on any atom is -0.352 e. The Morgan fingerprint density at radius 2 is 1.74 bits per heavy atom. The predicted octanol–water partition coefficient (Wildman–Crippen LogP) is 4.02. The molecule has 0 saturated carbocycles. The highest BCUT2D eigenvalue weighted by Gasteiger charge is 2.36. The smallest absolute Gasteiger partial charge is 0.352 e. The van der Waals surface area contributed by atoms with Gasteiger partial charge in [-0.05, 0) is 37.1 Å². The number of aromatic nitrogens is 4. The lowest BCUT2D eigenvalue weighted by Gasteiger charge is -2.35. The summed E-state index contributed by atoms with van der Waals surface area (Å²) >= 11 is 0. The van der Waals surface area contributed by atoms with Gasteiger partial charge in [-0.2, -0.15) is 13.2 Å². The Bertz CT molecular complexity index is 1120. The summed E-state index contributed by atoms with van der Waals surface area (Å²) in [6, 6.07) is 8.13. The molecule has 0 radical (unpaired) electrons. The summed E-state index contributed by atoms with van der Waals surface area (Å²) in [7, 11) is 0. The maximum absolute atomic E-state index is 13.3. The molecular formula is C24H27F3N6O2. The fourth-order valence-corrected chi connectivity index (χ4v) is 3.86. The largest absolute Gasteiger partial charge is 0.417 e. The summed E-state index contributed by atoms with van der Waals surface area (Å²) < 4.78 is 39.8. The normalized spacial score (nSPS) is 13.9. The average molecular weight is 489 g/mol. The van der Waals surface area contributed by atoms with Crippen LogP contribution in [0.5, 0.6) is 0 Å². The second-order valence-electron chi connectivity index (χ2n) is 7.95. The van der Waals surface area contributed by atoms with Gasteiger partial charge in [0.2, 0.25) is 0 Å². The number of amides is 1. The Labute approximate surface area is 201 Å². The first-order chi connectivity index (χ1) is 16.3. The molecule has 0 unspecified atom stereocenters. The molecule has 0 bridgehead atoms. The van der Waals surface area contributed by atoms with Gasteiger partial charge < -0.3 is 14.8 Å². The molecule has 2 aromatic heterocycles. The van der Waals surface area contributed by atoms with Gasteiger partial charge in [-0.15, -0.1) is 10.2 Å². The van der Waals surface area contributed by atoms with Crippen molar-refractivity contribution in [2.24, 2.45) is 0 Å². The van der Waals surface area contributed by atoms with Gasteiger partial charge in [0, 0.05) is 44.5 Å². The van der Waals surface area contributed by atoms with Crippen molar-refractivity contribution in [3.05, 3.63) is 71.4 Å². The van der Waals surface area contributed by atoms with E-state index >= 15 is 0 Å². The molecular weight excluding hydrogens is 461 g/mol. The first-order valence-electron chi connectivity index (χ1n) is 10.9. The Morgan fingerprint density at radius 1 is 1.00 bits per heavy atom. The number of anilines is 1. The number of aryl methyl sites for hydroxylation is 1. The highest BCUT2D eigenvalue weighted by molar-refractivity contribution is 5.96. The van der Waals surface area contributed by atoms with E-state index in [0.717, 1.165) is 11.8 Å². The van der Waals surface area contributed by atoms with Crippen molar-refractivity contribution >= 4 is 17.5 Å². The van der Waals surface area contributed by atoms with Crippen molar-refractivity contribution in [3.8, 4) is 0 Å². The molecule has 1 saturated heterocycles. The molecule has 186 valence electrons. The van der Waals surface area contributed by atoms with Crippen LogP contribution in [0.4, 0.5) is 19.0 Å². The molecule has 0 aliphatic carbocycles. The van der Waals surface area contributed by atoms with Crippen LogP contribution in [-0.4, -0.2) is 62.9 Å². The van der Waals surface area contributed by atoms with Crippen LogP contribution in [-0.2, 0) is 12.6 Å². The van der Waals surface area contributed by atoms with Crippen LogP contribution in [0.1, 0.15) is 52.4 Å². The van der Waals surface area contributed by atoms with Crippen LogP contribution in [0, 0.1) is 0 Å². The van der Waals surface area contributed by atoms with Gasteiger partial charge in [-0.3, -0.25) is 9.59 Å². The maximum Gasteiger partial charge on any atom is 0.417 e. The molecule has 3 aromatic rings. The third kappa shape index (κ3) is 6.23. The van der Waals surface area contributed by atoms with E-state index in [4.69, 9.17) is 0 Å². The third-order valence-electron chi connectivity index (χ3n) is 5.69. The molecule has 35 heavy (non-hydrogen) atoms. The van der Waals surface area contributed by atoms with E-state index in [9.17, 15) is 22.8 Å². The summed E-state index contributed by atoms with van der Waals surface area (Å²) in [5, 5.41) is 8.19. The van der Waals surface area contributed by atoms with Crippen molar-refractivity contribution in [1.29, 1.82) is 0 Å². The quantitative estimate of drug-likeness (QED) is 0.505. The van der Waals surface area contributed by atoms with Gasteiger partial charge in [0.15, 0.2) is 11.6 Å². The van der Waals surface area contributed by atoms with E-state index in [-0.39, 0.29) is 37.6 Å².